The Kier molecular flexibility index (Phi) is 9.31. The molecule has 7 nitrogen and oxygen atoms in total. The van der Waals surface area contributed by atoms with Gasteiger partial charge in [-0.15, -0.1) is 0 Å². The summed E-state index contributed by atoms with van der Waals surface area (Å²) in [6.07, 6.45) is 2.45. The molecular formula is C17H23F5N4O3S. The van der Waals surface area contributed by atoms with Gasteiger partial charge in [0, 0.05) is 29.2 Å². The van der Waals surface area contributed by atoms with Gasteiger partial charge < -0.3 is 15.7 Å². The molecule has 0 fully saturated rings. The van der Waals surface area contributed by atoms with E-state index in [0.717, 1.165) is 12.3 Å². The number of aromatic nitrogens is 2. The van der Waals surface area contributed by atoms with E-state index in [4.69, 9.17) is 11.5 Å². The summed E-state index contributed by atoms with van der Waals surface area (Å²) >= 11 is 0. The summed E-state index contributed by atoms with van der Waals surface area (Å²) in [6, 6.07) is 1.44. The Bertz CT molecular complexity index is 1000. The van der Waals surface area contributed by atoms with Crippen LogP contribution >= 0.6 is 0 Å². The van der Waals surface area contributed by atoms with Crippen LogP contribution in [0.15, 0.2) is 30.2 Å². The van der Waals surface area contributed by atoms with Crippen LogP contribution in [0.4, 0.5) is 22.0 Å². The minimum atomic E-state index is -6.14. The summed E-state index contributed by atoms with van der Waals surface area (Å²) in [5.41, 5.74) is 5.25. The van der Waals surface area contributed by atoms with Gasteiger partial charge >= 0.3 is 15.6 Å². The van der Waals surface area contributed by atoms with Crippen molar-refractivity contribution in [3.05, 3.63) is 47.6 Å². The molecule has 0 unspecified atom stereocenters. The van der Waals surface area contributed by atoms with Crippen LogP contribution in [0.25, 0.3) is 11.1 Å². The largest absolute Gasteiger partial charge is 0.534 e. The molecule has 170 valence electrons. The molecule has 0 aliphatic heterocycles. The van der Waals surface area contributed by atoms with Gasteiger partial charge in [-0.2, -0.15) is 31.1 Å². The van der Waals surface area contributed by atoms with Gasteiger partial charge in [-0.05, 0) is 19.1 Å². The van der Waals surface area contributed by atoms with Crippen LogP contribution in [-0.4, -0.2) is 23.7 Å². The van der Waals surface area contributed by atoms with Gasteiger partial charge in [0.15, 0.2) is 11.6 Å². The maximum atomic E-state index is 14.3. The van der Waals surface area contributed by atoms with Crippen molar-refractivity contribution in [2.45, 2.75) is 40.3 Å². The molecule has 2 rings (SSSR count). The molecule has 0 saturated carbocycles. The lowest BCUT2D eigenvalue weighted by Gasteiger charge is -2.11. The lowest BCUT2D eigenvalue weighted by Crippen LogP contribution is -2.28. The van der Waals surface area contributed by atoms with Crippen molar-refractivity contribution in [2.75, 3.05) is 0 Å². The molecule has 0 spiro atoms. The van der Waals surface area contributed by atoms with E-state index < -0.39 is 33.0 Å². The predicted molar refractivity (Wildman–Crippen MR) is 102 cm³/mol. The van der Waals surface area contributed by atoms with Crippen LogP contribution in [0, 0.1) is 18.6 Å². The minimum Gasteiger partial charge on any atom is -0.403 e. The highest BCUT2D eigenvalue weighted by molar-refractivity contribution is 7.88. The fraction of sp³-hybridized carbons (Fsp3) is 0.353. The van der Waals surface area contributed by atoms with E-state index >= 15 is 0 Å². The summed E-state index contributed by atoms with van der Waals surface area (Å²) < 4.78 is 92.2. The van der Waals surface area contributed by atoms with Gasteiger partial charge in [-0.3, -0.25) is 4.68 Å². The molecule has 0 saturated heterocycles. The van der Waals surface area contributed by atoms with Crippen LogP contribution in [-0.2, 0) is 16.7 Å². The maximum Gasteiger partial charge on any atom is 0.534 e. The molecule has 13 heteroatoms. The van der Waals surface area contributed by atoms with Crippen molar-refractivity contribution in [3.8, 4) is 16.9 Å². The second-order valence-corrected chi connectivity index (χ2v) is 6.83. The van der Waals surface area contributed by atoms with Crippen molar-refractivity contribution in [1.29, 1.82) is 0 Å². The van der Waals surface area contributed by atoms with Crippen molar-refractivity contribution in [1.82, 2.24) is 9.78 Å². The molecular weight excluding hydrogens is 435 g/mol. The summed E-state index contributed by atoms with van der Waals surface area (Å²) in [6.45, 7) is 5.54. The fourth-order valence-corrected chi connectivity index (χ4v) is 2.53. The van der Waals surface area contributed by atoms with Crippen LogP contribution in [0.5, 0.6) is 5.75 Å². The molecule has 1 aromatic carbocycles. The van der Waals surface area contributed by atoms with Gasteiger partial charge in [0.1, 0.15) is 0 Å². The van der Waals surface area contributed by atoms with Crippen LogP contribution < -0.4 is 15.7 Å². The lowest BCUT2D eigenvalue weighted by molar-refractivity contribution is -0.0501. The average Bonchev–Trinajstić information content (AvgIpc) is 2.99. The zero-order valence-corrected chi connectivity index (χ0v) is 16.4. The van der Waals surface area contributed by atoms with Crippen LogP contribution in [0.3, 0.4) is 0 Å². The third-order valence-corrected chi connectivity index (χ3v) is 4.29. The summed E-state index contributed by atoms with van der Waals surface area (Å²) in [7, 11) is -6.14. The predicted octanol–water partition coefficient (Wildman–Crippen LogP) is 3.79. The van der Waals surface area contributed by atoms with Gasteiger partial charge in [0.05, 0.1) is 12.2 Å². The fourth-order valence-electron chi connectivity index (χ4n) is 2.07. The average molecular weight is 458 g/mol. The van der Waals surface area contributed by atoms with E-state index in [-0.39, 0.29) is 36.5 Å². The second kappa shape index (κ2) is 10.3. The minimum absolute atomic E-state index is 0. The Morgan fingerprint density at radius 3 is 2.27 bits per heavy atom. The first-order valence-electron chi connectivity index (χ1n) is 8.06. The number of hydrogen-bond acceptors (Lipinski definition) is 6. The SMILES string of the molecule is C.CC.Cc1nn(C/C(N)=C/N)cc1-c1ccc(OS(=O)(=O)C(F)(F)F)c(F)c1F. The Hall–Kier alpha value is -2.83. The molecule has 0 atom stereocenters. The zero-order valence-electron chi connectivity index (χ0n) is 15.6. The molecule has 0 bridgehead atoms. The van der Waals surface area contributed by atoms with E-state index in [1.165, 1.54) is 17.8 Å². The Balaban J connectivity index is 0.00000272. The molecule has 0 aliphatic rings. The van der Waals surface area contributed by atoms with Gasteiger partial charge in [-0.25, -0.2) is 4.39 Å². The zero-order chi connectivity index (χ0) is 22.6. The number of allylic oxidation sites excluding steroid dienone is 1. The number of hydrogen-bond donors (Lipinski definition) is 2. The molecule has 4 N–H and O–H groups in total. The molecule has 0 amide bonds. The molecule has 1 aromatic heterocycles. The first-order valence-corrected chi connectivity index (χ1v) is 9.47. The molecule has 2 aromatic rings. The Morgan fingerprint density at radius 1 is 1.20 bits per heavy atom. The number of alkyl halides is 3. The van der Waals surface area contributed by atoms with Gasteiger partial charge in [0.25, 0.3) is 0 Å². The number of nitrogens with zero attached hydrogens (tertiary/aromatic N) is 2. The van der Waals surface area contributed by atoms with Crippen LogP contribution in [0.1, 0.15) is 27.0 Å². The van der Waals surface area contributed by atoms with Gasteiger partial charge in [-0.1, -0.05) is 21.3 Å². The highest BCUT2D eigenvalue weighted by atomic mass is 32.2. The number of benzene rings is 1. The lowest BCUT2D eigenvalue weighted by atomic mass is 10.1. The first-order chi connectivity index (χ1) is 13.4. The normalized spacial score (nSPS) is 11.9. The van der Waals surface area contributed by atoms with Crippen molar-refractivity contribution in [2.24, 2.45) is 11.5 Å². The van der Waals surface area contributed by atoms with Crippen molar-refractivity contribution in [3.63, 3.8) is 0 Å². The van der Waals surface area contributed by atoms with Crippen LogP contribution in [0.2, 0.25) is 0 Å². The highest BCUT2D eigenvalue weighted by Crippen LogP contribution is 2.34. The number of halogens is 5. The molecule has 0 radical (unpaired) electrons. The summed E-state index contributed by atoms with van der Waals surface area (Å²) in [5.74, 6) is -4.92. The van der Waals surface area contributed by atoms with Crippen molar-refractivity contribution < 1.29 is 34.6 Å². The monoisotopic (exact) mass is 458 g/mol. The first kappa shape index (κ1) is 27.2. The highest BCUT2D eigenvalue weighted by Gasteiger charge is 2.49. The third kappa shape index (κ3) is 5.84. The van der Waals surface area contributed by atoms with Gasteiger partial charge in [0.2, 0.25) is 5.82 Å². The Morgan fingerprint density at radius 2 is 1.77 bits per heavy atom. The van der Waals surface area contributed by atoms with E-state index in [1.807, 2.05) is 13.8 Å². The standard InChI is InChI=1S/C14H13F5N4O3S.C2H6.CH4/c1-7-10(6-23(22-7)5-8(21)4-20)9-2-3-11(13(16)12(9)15)26-27(24,25)14(17,18)19;1-2;/h2-4,6H,5,20-21H2,1H3;1-2H3;1H4/b8-4-;;. The molecule has 30 heavy (non-hydrogen) atoms. The van der Waals surface area contributed by atoms with Crippen molar-refractivity contribution >= 4 is 10.1 Å². The Labute approximate surface area is 171 Å². The summed E-state index contributed by atoms with van der Waals surface area (Å²) in [4.78, 5) is 0. The maximum absolute atomic E-state index is 14.3. The smallest absolute Gasteiger partial charge is 0.403 e. The topological polar surface area (TPSA) is 113 Å². The molecule has 0 aliphatic carbocycles. The summed E-state index contributed by atoms with van der Waals surface area (Å²) in [5, 5.41) is 4.04. The quantitative estimate of drug-likeness (QED) is 0.401. The van der Waals surface area contributed by atoms with E-state index in [1.54, 1.807) is 0 Å². The van der Waals surface area contributed by atoms with E-state index in [9.17, 15) is 30.4 Å². The van der Waals surface area contributed by atoms with E-state index in [2.05, 4.69) is 9.28 Å². The van der Waals surface area contributed by atoms with E-state index in [0.29, 0.717) is 6.07 Å². The number of aryl methyl sites for hydroxylation is 1. The third-order valence-electron chi connectivity index (χ3n) is 3.33. The number of nitrogens with two attached hydrogens (primary N) is 2. The molecule has 1 heterocycles. The second-order valence-electron chi connectivity index (χ2n) is 5.29. The number of rotatable bonds is 5.